The number of rotatable bonds is 6. The average molecular weight is 315 g/mol. The molecule has 6 heteroatoms. The fraction of sp³-hybridized carbons (Fsp3) is 0.600. The van der Waals surface area contributed by atoms with E-state index in [-0.39, 0.29) is 24.6 Å². The van der Waals surface area contributed by atoms with E-state index in [1.807, 2.05) is 26.0 Å². The fourth-order valence-corrected chi connectivity index (χ4v) is 2.55. The molecule has 1 heterocycles. The van der Waals surface area contributed by atoms with Gasteiger partial charge in [0.2, 0.25) is 0 Å². The van der Waals surface area contributed by atoms with E-state index in [4.69, 9.17) is 26.8 Å². The Bertz CT molecular complexity index is 484. The molecule has 0 radical (unpaired) electrons. The lowest BCUT2D eigenvalue weighted by Gasteiger charge is -2.27. The Balaban J connectivity index is 2.20. The molecule has 0 fully saturated rings. The van der Waals surface area contributed by atoms with Crippen molar-refractivity contribution >= 4 is 11.6 Å². The van der Waals surface area contributed by atoms with Crippen LogP contribution in [0.3, 0.4) is 0 Å². The van der Waals surface area contributed by atoms with Crippen molar-refractivity contribution in [2.24, 2.45) is 11.7 Å². The quantitative estimate of drug-likeness (QED) is 0.745. The first-order valence-corrected chi connectivity index (χ1v) is 7.60. The van der Waals surface area contributed by atoms with Crippen molar-refractivity contribution in [3.8, 4) is 11.5 Å². The number of benzene rings is 1. The van der Waals surface area contributed by atoms with E-state index in [0.717, 1.165) is 5.56 Å². The van der Waals surface area contributed by atoms with Gasteiger partial charge in [0, 0.05) is 25.2 Å². The molecule has 0 aliphatic carbocycles. The predicted octanol–water partition coefficient (Wildman–Crippen LogP) is 1.72. The van der Waals surface area contributed by atoms with Gasteiger partial charge in [-0.25, -0.2) is 0 Å². The summed E-state index contributed by atoms with van der Waals surface area (Å²) in [6.45, 7) is 5.61. The van der Waals surface area contributed by atoms with E-state index < -0.39 is 0 Å². The Morgan fingerprint density at radius 1 is 1.33 bits per heavy atom. The summed E-state index contributed by atoms with van der Waals surface area (Å²) in [4.78, 5) is 0. The van der Waals surface area contributed by atoms with Crippen LogP contribution in [-0.4, -0.2) is 37.5 Å². The highest BCUT2D eigenvalue weighted by atomic mass is 35.5. The molecule has 21 heavy (non-hydrogen) atoms. The van der Waals surface area contributed by atoms with E-state index in [0.29, 0.717) is 36.3 Å². The SMILES string of the molecule is CC(CO)C(C)NC(CN)c1cc(Cl)c2c(c1)OCCO2. The second-order valence-corrected chi connectivity index (χ2v) is 5.84. The zero-order valence-electron chi connectivity index (χ0n) is 12.4. The summed E-state index contributed by atoms with van der Waals surface area (Å²) in [5, 5.41) is 13.2. The maximum absolute atomic E-state index is 9.23. The number of halogens is 1. The fourth-order valence-electron chi connectivity index (χ4n) is 2.27. The van der Waals surface area contributed by atoms with E-state index in [9.17, 15) is 5.11 Å². The Morgan fingerprint density at radius 3 is 2.71 bits per heavy atom. The van der Waals surface area contributed by atoms with Gasteiger partial charge in [-0.2, -0.15) is 0 Å². The molecule has 0 aromatic heterocycles. The molecule has 4 N–H and O–H groups in total. The molecule has 0 saturated heterocycles. The molecule has 1 aliphatic heterocycles. The van der Waals surface area contributed by atoms with E-state index in [2.05, 4.69) is 5.32 Å². The molecular formula is C15H23ClN2O3. The summed E-state index contributed by atoms with van der Waals surface area (Å²) in [7, 11) is 0. The number of hydrogen-bond donors (Lipinski definition) is 3. The Labute approximate surface area is 130 Å². The average Bonchev–Trinajstić information content (AvgIpc) is 2.51. The van der Waals surface area contributed by atoms with Gasteiger partial charge in [-0.15, -0.1) is 0 Å². The molecule has 2 rings (SSSR count). The summed E-state index contributed by atoms with van der Waals surface area (Å²) in [5.74, 6) is 1.40. The lowest BCUT2D eigenvalue weighted by Crippen LogP contribution is -2.39. The molecule has 1 aliphatic rings. The van der Waals surface area contributed by atoms with Gasteiger partial charge in [0.05, 0.1) is 5.02 Å². The van der Waals surface area contributed by atoms with Gasteiger partial charge < -0.3 is 25.6 Å². The molecule has 5 nitrogen and oxygen atoms in total. The third-order valence-electron chi connectivity index (χ3n) is 3.86. The van der Waals surface area contributed by atoms with E-state index >= 15 is 0 Å². The molecule has 3 unspecified atom stereocenters. The minimum atomic E-state index is -0.0534. The Morgan fingerprint density at radius 2 is 2.05 bits per heavy atom. The second-order valence-electron chi connectivity index (χ2n) is 5.43. The second kappa shape index (κ2) is 7.31. The number of ether oxygens (including phenoxy) is 2. The minimum Gasteiger partial charge on any atom is -0.486 e. The van der Waals surface area contributed by atoms with Crippen LogP contribution in [0.4, 0.5) is 0 Å². The Hall–Kier alpha value is -1.01. The van der Waals surface area contributed by atoms with Gasteiger partial charge in [-0.1, -0.05) is 18.5 Å². The number of hydrogen-bond acceptors (Lipinski definition) is 5. The molecule has 118 valence electrons. The third kappa shape index (κ3) is 3.80. The zero-order valence-corrected chi connectivity index (χ0v) is 13.2. The summed E-state index contributed by atoms with van der Waals surface area (Å²) in [6.07, 6.45) is 0. The monoisotopic (exact) mass is 314 g/mol. The van der Waals surface area contributed by atoms with Crippen molar-refractivity contribution in [3.63, 3.8) is 0 Å². The van der Waals surface area contributed by atoms with Crippen LogP contribution in [-0.2, 0) is 0 Å². The third-order valence-corrected chi connectivity index (χ3v) is 4.14. The maximum atomic E-state index is 9.23. The first kappa shape index (κ1) is 16.4. The van der Waals surface area contributed by atoms with Gasteiger partial charge in [0.1, 0.15) is 13.2 Å². The van der Waals surface area contributed by atoms with Crippen molar-refractivity contribution in [1.82, 2.24) is 5.32 Å². The highest BCUT2D eigenvalue weighted by Gasteiger charge is 2.22. The van der Waals surface area contributed by atoms with Gasteiger partial charge >= 0.3 is 0 Å². The summed E-state index contributed by atoms with van der Waals surface area (Å²) >= 11 is 6.26. The predicted molar refractivity (Wildman–Crippen MR) is 83.1 cm³/mol. The number of aliphatic hydroxyl groups excluding tert-OH is 1. The first-order chi connectivity index (χ1) is 10.1. The van der Waals surface area contributed by atoms with Gasteiger partial charge in [0.25, 0.3) is 0 Å². The highest BCUT2D eigenvalue weighted by Crippen LogP contribution is 2.39. The van der Waals surface area contributed by atoms with Crippen LogP contribution in [0, 0.1) is 5.92 Å². The number of aliphatic hydroxyl groups is 1. The largest absolute Gasteiger partial charge is 0.486 e. The summed E-state index contributed by atoms with van der Waals surface area (Å²) in [6, 6.07) is 3.86. The van der Waals surface area contributed by atoms with Crippen molar-refractivity contribution in [3.05, 3.63) is 22.7 Å². The lowest BCUT2D eigenvalue weighted by molar-refractivity contribution is 0.171. The normalized spacial score (nSPS) is 18.1. The van der Waals surface area contributed by atoms with Crippen LogP contribution >= 0.6 is 11.6 Å². The zero-order chi connectivity index (χ0) is 15.4. The van der Waals surface area contributed by atoms with Crippen molar-refractivity contribution < 1.29 is 14.6 Å². The minimum absolute atomic E-state index is 0.0534. The van der Waals surface area contributed by atoms with Crippen LogP contribution in [0.15, 0.2) is 12.1 Å². The highest BCUT2D eigenvalue weighted by molar-refractivity contribution is 6.32. The summed E-state index contributed by atoms with van der Waals surface area (Å²) < 4.78 is 11.1. The molecular weight excluding hydrogens is 292 g/mol. The van der Waals surface area contributed by atoms with Crippen LogP contribution in [0.25, 0.3) is 0 Å². The van der Waals surface area contributed by atoms with Gasteiger partial charge in [0.15, 0.2) is 11.5 Å². The summed E-state index contributed by atoms with van der Waals surface area (Å²) in [5.41, 5.74) is 6.84. The van der Waals surface area contributed by atoms with Crippen molar-refractivity contribution in [2.45, 2.75) is 25.9 Å². The van der Waals surface area contributed by atoms with Crippen molar-refractivity contribution in [2.75, 3.05) is 26.4 Å². The number of fused-ring (bicyclic) bond motifs is 1. The van der Waals surface area contributed by atoms with Crippen LogP contribution in [0.1, 0.15) is 25.5 Å². The van der Waals surface area contributed by atoms with Gasteiger partial charge in [-0.3, -0.25) is 0 Å². The standard InChI is InChI=1S/C15H23ClN2O3/c1-9(8-19)10(2)18-13(7-17)11-5-12(16)15-14(6-11)20-3-4-21-15/h5-6,9-10,13,18-19H,3-4,7-8,17H2,1-2H3. The molecule has 0 spiro atoms. The van der Waals surface area contributed by atoms with E-state index in [1.54, 1.807) is 0 Å². The molecule has 3 atom stereocenters. The van der Waals surface area contributed by atoms with Crippen LogP contribution in [0.5, 0.6) is 11.5 Å². The molecule has 0 bridgehead atoms. The number of nitrogens with two attached hydrogens (primary N) is 1. The molecule has 1 aromatic carbocycles. The first-order valence-electron chi connectivity index (χ1n) is 7.22. The Kier molecular flexibility index (Phi) is 5.70. The topological polar surface area (TPSA) is 76.7 Å². The van der Waals surface area contributed by atoms with Crippen molar-refractivity contribution in [1.29, 1.82) is 0 Å². The van der Waals surface area contributed by atoms with E-state index in [1.165, 1.54) is 0 Å². The smallest absolute Gasteiger partial charge is 0.179 e. The molecule has 0 amide bonds. The number of nitrogens with one attached hydrogen (secondary N) is 1. The van der Waals surface area contributed by atoms with Gasteiger partial charge in [-0.05, 0) is 30.5 Å². The maximum Gasteiger partial charge on any atom is 0.179 e. The van der Waals surface area contributed by atoms with Crippen LogP contribution in [0.2, 0.25) is 5.02 Å². The molecule has 0 saturated carbocycles. The van der Waals surface area contributed by atoms with Crippen LogP contribution < -0.4 is 20.5 Å². The lowest BCUT2D eigenvalue weighted by atomic mass is 10.0. The molecule has 1 aromatic rings.